The molecule has 2 atom stereocenters. The molecule has 8 nitrogen and oxygen atoms in total. The molecule has 0 aliphatic carbocycles. The van der Waals surface area contributed by atoms with Crippen LogP contribution in [0.4, 0.5) is 0 Å². The highest BCUT2D eigenvalue weighted by Gasteiger charge is 2.32. The Hall–Kier alpha value is -1.90. The molecule has 29 heavy (non-hydrogen) atoms. The van der Waals surface area contributed by atoms with Crippen LogP contribution in [-0.4, -0.2) is 51.1 Å². The lowest BCUT2D eigenvalue weighted by Gasteiger charge is -2.21. The van der Waals surface area contributed by atoms with Crippen LogP contribution in [0.15, 0.2) is 15.7 Å². The van der Waals surface area contributed by atoms with Crippen molar-refractivity contribution in [2.45, 2.75) is 19.8 Å². The molecule has 1 amide bonds. The number of hydrogen-bond donors (Lipinski definition) is 1. The van der Waals surface area contributed by atoms with Crippen LogP contribution >= 0.6 is 24.8 Å². The highest BCUT2D eigenvalue weighted by atomic mass is 35.5. The third-order valence-electron chi connectivity index (χ3n) is 6.13. The number of hydrogen-bond acceptors (Lipinski definition) is 5. The molecule has 0 aromatic carbocycles. The summed E-state index contributed by atoms with van der Waals surface area (Å²) in [6, 6.07) is 1.67. The maximum atomic E-state index is 13.1. The molecule has 160 valence electrons. The van der Waals surface area contributed by atoms with Gasteiger partial charge in [0.15, 0.2) is 0 Å². The number of aryl methyl sites for hydroxylation is 2. The molecule has 4 heterocycles. The normalized spacial score (nSPS) is 21.1. The molecule has 0 saturated carbocycles. The maximum absolute atomic E-state index is 13.1. The number of halogens is 2. The first-order valence-corrected chi connectivity index (χ1v) is 9.46. The highest BCUT2D eigenvalue weighted by molar-refractivity contribution is 5.95. The topological polar surface area (TPSA) is 89.2 Å². The molecule has 2 aliphatic rings. The zero-order valence-electron chi connectivity index (χ0n) is 16.8. The van der Waals surface area contributed by atoms with Crippen molar-refractivity contribution in [3.8, 4) is 0 Å². The van der Waals surface area contributed by atoms with E-state index >= 15 is 0 Å². The lowest BCUT2D eigenvalue weighted by atomic mass is 9.92. The van der Waals surface area contributed by atoms with Crippen LogP contribution in [0.2, 0.25) is 0 Å². The van der Waals surface area contributed by atoms with E-state index in [1.54, 1.807) is 20.0 Å². The van der Waals surface area contributed by atoms with E-state index in [1.807, 2.05) is 4.90 Å². The Kier molecular flexibility index (Phi) is 7.14. The molecular weight excluding hydrogens is 417 g/mol. The van der Waals surface area contributed by atoms with Gasteiger partial charge >= 0.3 is 5.69 Å². The van der Waals surface area contributed by atoms with E-state index in [0.29, 0.717) is 28.5 Å². The molecular formula is C19H27Cl2N5O3. The first kappa shape index (κ1) is 23.4. The number of nitrogens with zero attached hydrogens (tertiary/aromatic N) is 4. The Morgan fingerprint density at radius 1 is 1.07 bits per heavy atom. The zero-order valence-corrected chi connectivity index (χ0v) is 18.4. The first-order chi connectivity index (χ1) is 12.9. The van der Waals surface area contributed by atoms with Crippen molar-refractivity contribution < 1.29 is 4.79 Å². The number of carbonyl (C=O) groups excluding carboxylic acids is 1. The number of amides is 1. The van der Waals surface area contributed by atoms with Crippen LogP contribution in [0.1, 0.15) is 28.9 Å². The quantitative estimate of drug-likeness (QED) is 0.705. The molecule has 4 rings (SSSR count). The molecule has 2 aromatic rings. The van der Waals surface area contributed by atoms with Crippen LogP contribution in [0.5, 0.6) is 0 Å². The fourth-order valence-electron chi connectivity index (χ4n) is 4.43. The summed E-state index contributed by atoms with van der Waals surface area (Å²) in [6.07, 6.45) is 1.99. The summed E-state index contributed by atoms with van der Waals surface area (Å²) < 4.78 is 2.40. The minimum atomic E-state index is -0.445. The van der Waals surface area contributed by atoms with Crippen LogP contribution in [-0.2, 0) is 14.1 Å². The van der Waals surface area contributed by atoms with Gasteiger partial charge in [-0.15, -0.1) is 24.8 Å². The molecule has 2 fully saturated rings. The first-order valence-electron chi connectivity index (χ1n) is 9.46. The number of pyridine rings is 1. The molecule has 2 saturated heterocycles. The fourth-order valence-corrected chi connectivity index (χ4v) is 4.43. The summed E-state index contributed by atoms with van der Waals surface area (Å²) >= 11 is 0. The van der Waals surface area contributed by atoms with E-state index in [-0.39, 0.29) is 41.9 Å². The average molecular weight is 444 g/mol. The Bertz CT molecular complexity index is 1030. The van der Waals surface area contributed by atoms with E-state index in [1.165, 1.54) is 11.6 Å². The molecule has 1 N–H and O–H groups in total. The van der Waals surface area contributed by atoms with Gasteiger partial charge in [-0.2, -0.15) is 0 Å². The number of fused-ring (bicyclic) bond motifs is 2. The van der Waals surface area contributed by atoms with Gasteiger partial charge in [0.1, 0.15) is 11.3 Å². The van der Waals surface area contributed by atoms with Crippen molar-refractivity contribution >= 4 is 41.8 Å². The van der Waals surface area contributed by atoms with Gasteiger partial charge in [-0.1, -0.05) is 0 Å². The van der Waals surface area contributed by atoms with Crippen molar-refractivity contribution in [3.63, 3.8) is 0 Å². The Labute approximate surface area is 181 Å². The second-order valence-corrected chi connectivity index (χ2v) is 7.78. The van der Waals surface area contributed by atoms with Gasteiger partial charge in [-0.3, -0.25) is 18.7 Å². The van der Waals surface area contributed by atoms with Gasteiger partial charge in [0.25, 0.3) is 11.5 Å². The number of likely N-dealkylation sites (tertiary alicyclic amines) is 1. The largest absolute Gasteiger partial charge is 0.337 e. The van der Waals surface area contributed by atoms with Gasteiger partial charge in [0.2, 0.25) is 0 Å². The van der Waals surface area contributed by atoms with Gasteiger partial charge in [0.05, 0.1) is 5.39 Å². The predicted molar refractivity (Wildman–Crippen MR) is 116 cm³/mol. The van der Waals surface area contributed by atoms with E-state index in [2.05, 4.69) is 10.3 Å². The van der Waals surface area contributed by atoms with E-state index < -0.39 is 5.69 Å². The lowest BCUT2D eigenvalue weighted by Crippen LogP contribution is -2.38. The summed E-state index contributed by atoms with van der Waals surface area (Å²) in [5, 5.41) is 3.82. The number of aromatic nitrogens is 3. The molecule has 0 bridgehead atoms. The summed E-state index contributed by atoms with van der Waals surface area (Å²) in [4.78, 5) is 44.1. The van der Waals surface area contributed by atoms with Gasteiger partial charge in [0, 0.05) is 27.2 Å². The SMILES string of the molecule is Cc1cc(C(=O)N2CC[C@@H]3CNC[C@@H]3CC2)nc2c1c(=O)n(C)c(=O)n2C.Cl.Cl. The summed E-state index contributed by atoms with van der Waals surface area (Å²) in [7, 11) is 3.02. The lowest BCUT2D eigenvalue weighted by molar-refractivity contribution is 0.0753. The minimum Gasteiger partial charge on any atom is -0.337 e. The minimum absolute atomic E-state index is 0. The predicted octanol–water partition coefficient (Wildman–Crippen LogP) is 0.856. The van der Waals surface area contributed by atoms with Crippen molar-refractivity contribution in [2.75, 3.05) is 26.2 Å². The highest BCUT2D eigenvalue weighted by Crippen LogP contribution is 2.27. The van der Waals surface area contributed by atoms with Crippen molar-refractivity contribution in [1.82, 2.24) is 24.3 Å². The third kappa shape index (κ3) is 3.93. The molecule has 10 heteroatoms. The monoisotopic (exact) mass is 443 g/mol. The van der Waals surface area contributed by atoms with Gasteiger partial charge < -0.3 is 10.2 Å². The van der Waals surface area contributed by atoms with Crippen LogP contribution < -0.4 is 16.6 Å². The van der Waals surface area contributed by atoms with Gasteiger partial charge in [-0.05, 0) is 56.3 Å². The molecule has 2 aromatic heterocycles. The van der Waals surface area contributed by atoms with Crippen molar-refractivity contribution in [2.24, 2.45) is 25.9 Å². The zero-order chi connectivity index (χ0) is 19.3. The maximum Gasteiger partial charge on any atom is 0.332 e. The molecule has 2 aliphatic heterocycles. The Balaban J connectivity index is 0.00000150. The van der Waals surface area contributed by atoms with E-state index in [9.17, 15) is 14.4 Å². The Morgan fingerprint density at radius 3 is 2.24 bits per heavy atom. The van der Waals surface area contributed by atoms with Crippen LogP contribution in [0, 0.1) is 18.8 Å². The third-order valence-corrected chi connectivity index (χ3v) is 6.13. The summed E-state index contributed by atoms with van der Waals surface area (Å²) in [5.41, 5.74) is 0.400. The van der Waals surface area contributed by atoms with Crippen molar-refractivity contribution in [1.29, 1.82) is 0 Å². The van der Waals surface area contributed by atoms with Crippen LogP contribution in [0.25, 0.3) is 11.0 Å². The number of carbonyl (C=O) groups is 1. The second kappa shape index (κ2) is 8.85. The smallest absolute Gasteiger partial charge is 0.332 e. The van der Waals surface area contributed by atoms with Crippen LogP contribution in [0.3, 0.4) is 0 Å². The molecule has 0 unspecified atom stereocenters. The standard InChI is InChI=1S/C19H25N5O3.2ClH/c1-11-8-14(21-16-15(11)18(26)23(3)19(27)22(16)2)17(25)24-6-4-12-9-20-10-13(12)5-7-24;;/h8,12-13,20H,4-7,9-10H2,1-3H3;2*1H/t12-,13+;;. The average Bonchev–Trinajstić information content (AvgIpc) is 3.01. The van der Waals surface area contributed by atoms with E-state index in [0.717, 1.165) is 43.6 Å². The summed E-state index contributed by atoms with van der Waals surface area (Å²) in [5.74, 6) is 1.15. The van der Waals surface area contributed by atoms with E-state index in [4.69, 9.17) is 0 Å². The molecule has 0 spiro atoms. The number of rotatable bonds is 1. The Morgan fingerprint density at radius 2 is 1.66 bits per heavy atom. The van der Waals surface area contributed by atoms with Crippen molar-refractivity contribution in [3.05, 3.63) is 38.2 Å². The number of nitrogens with one attached hydrogen (secondary N) is 1. The fraction of sp³-hybridized carbons (Fsp3) is 0.579. The van der Waals surface area contributed by atoms with Gasteiger partial charge in [-0.25, -0.2) is 9.78 Å². The summed E-state index contributed by atoms with van der Waals surface area (Å²) in [6.45, 7) is 5.29. The molecule has 0 radical (unpaired) electrons. The second-order valence-electron chi connectivity index (χ2n) is 7.78.